The molecule has 0 atom stereocenters. The van der Waals surface area contributed by atoms with E-state index < -0.39 is 21.4 Å². The molecular weight excluding hydrogens is 302 g/mol. The van der Waals surface area contributed by atoms with Gasteiger partial charge in [0, 0.05) is 12.7 Å². The van der Waals surface area contributed by atoms with Gasteiger partial charge in [-0.05, 0) is 25.1 Å². The van der Waals surface area contributed by atoms with Crippen molar-refractivity contribution in [2.24, 2.45) is 5.73 Å². The molecule has 104 valence electrons. The Bertz CT molecular complexity index is 506. The molecule has 0 saturated carbocycles. The van der Waals surface area contributed by atoms with Crippen molar-refractivity contribution >= 4 is 34.7 Å². The molecule has 0 bridgehead atoms. The van der Waals surface area contributed by atoms with Gasteiger partial charge in [0.05, 0.1) is 10.6 Å². The lowest BCUT2D eigenvalue weighted by Crippen LogP contribution is -2.10. The van der Waals surface area contributed by atoms with Crippen molar-refractivity contribution in [2.75, 3.05) is 12.3 Å². The van der Waals surface area contributed by atoms with E-state index in [0.29, 0.717) is 5.69 Å². The third-order valence-electron chi connectivity index (χ3n) is 1.96. The number of rotatable bonds is 4. The van der Waals surface area contributed by atoms with Gasteiger partial charge in [0.1, 0.15) is 11.6 Å². The molecule has 0 spiro atoms. The highest BCUT2D eigenvalue weighted by molar-refractivity contribution is 7.91. The van der Waals surface area contributed by atoms with Crippen LogP contribution in [0.4, 0.5) is 4.39 Å². The fourth-order valence-corrected chi connectivity index (χ4v) is 2.67. The summed E-state index contributed by atoms with van der Waals surface area (Å²) in [5.74, 6) is -1.41. The number of hydrogen-bond acceptors (Lipinski definition) is 4. The molecule has 1 heterocycles. The van der Waals surface area contributed by atoms with E-state index in [4.69, 9.17) is 5.73 Å². The Kier molecular flexibility index (Phi) is 9.19. The van der Waals surface area contributed by atoms with Crippen LogP contribution in [0.3, 0.4) is 0 Å². The molecule has 0 radical (unpaired) electrons. The van der Waals surface area contributed by atoms with Crippen molar-refractivity contribution in [1.29, 1.82) is 0 Å². The second kappa shape index (κ2) is 8.42. The van der Waals surface area contributed by atoms with Gasteiger partial charge in [-0.1, -0.05) is 0 Å². The molecule has 1 aromatic heterocycles. The van der Waals surface area contributed by atoms with Crippen LogP contribution in [0.1, 0.15) is 5.69 Å². The summed E-state index contributed by atoms with van der Waals surface area (Å²) in [7, 11) is -3.67. The Labute approximate surface area is 118 Å². The third kappa shape index (κ3) is 5.30. The van der Waals surface area contributed by atoms with Crippen molar-refractivity contribution in [1.82, 2.24) is 4.98 Å². The molecule has 0 unspecified atom stereocenters. The Morgan fingerprint density at radius 3 is 2.61 bits per heavy atom. The lowest BCUT2D eigenvalue weighted by atomic mass is 10.4. The number of nitrogens with two attached hydrogens (primary N) is 1. The van der Waals surface area contributed by atoms with Crippen LogP contribution in [-0.4, -0.2) is 25.7 Å². The SMILES string of the molecule is Cc1ncccc1S(=O)(=O)C/C(F)=C/CN.Cl.Cl. The molecule has 0 amide bonds. The number of aromatic nitrogens is 1. The van der Waals surface area contributed by atoms with Crippen LogP contribution in [0, 0.1) is 6.92 Å². The summed E-state index contributed by atoms with van der Waals surface area (Å²) in [4.78, 5) is 3.90. The highest BCUT2D eigenvalue weighted by Crippen LogP contribution is 2.16. The first-order valence-electron chi connectivity index (χ1n) is 4.66. The second-order valence-electron chi connectivity index (χ2n) is 3.23. The standard InChI is InChI=1S/C10H13FN2O2S.2ClH/c1-8-10(3-2-6-13-8)16(14,15)7-9(11)4-5-12;;/h2-4,6H,5,7,12H2,1H3;2*1H/b9-4-;;. The zero-order valence-electron chi connectivity index (χ0n) is 9.67. The lowest BCUT2D eigenvalue weighted by Gasteiger charge is -2.05. The summed E-state index contributed by atoms with van der Waals surface area (Å²) in [5.41, 5.74) is 5.46. The second-order valence-corrected chi connectivity index (χ2v) is 5.19. The van der Waals surface area contributed by atoms with Gasteiger partial charge in [-0.3, -0.25) is 4.98 Å². The van der Waals surface area contributed by atoms with Gasteiger partial charge >= 0.3 is 0 Å². The molecule has 8 heteroatoms. The van der Waals surface area contributed by atoms with Gasteiger partial charge in [0.15, 0.2) is 9.84 Å². The molecule has 0 aromatic carbocycles. The van der Waals surface area contributed by atoms with E-state index in [9.17, 15) is 12.8 Å². The minimum atomic E-state index is -3.67. The number of aryl methyl sites for hydroxylation is 1. The monoisotopic (exact) mass is 316 g/mol. The van der Waals surface area contributed by atoms with Crippen molar-refractivity contribution in [2.45, 2.75) is 11.8 Å². The highest BCUT2D eigenvalue weighted by atomic mass is 35.5. The summed E-state index contributed by atoms with van der Waals surface area (Å²) < 4.78 is 36.7. The number of sulfone groups is 1. The van der Waals surface area contributed by atoms with Crippen LogP contribution in [0.2, 0.25) is 0 Å². The van der Waals surface area contributed by atoms with Gasteiger partial charge in [0.2, 0.25) is 0 Å². The van der Waals surface area contributed by atoms with Gasteiger partial charge in [-0.2, -0.15) is 0 Å². The Morgan fingerprint density at radius 1 is 1.50 bits per heavy atom. The van der Waals surface area contributed by atoms with Crippen LogP contribution in [0.15, 0.2) is 35.1 Å². The molecule has 1 rings (SSSR count). The first-order valence-corrected chi connectivity index (χ1v) is 6.31. The number of hydrogen-bond donors (Lipinski definition) is 1. The topological polar surface area (TPSA) is 73.0 Å². The largest absolute Gasteiger partial charge is 0.327 e. The molecule has 0 aliphatic carbocycles. The van der Waals surface area contributed by atoms with E-state index in [1.165, 1.54) is 18.3 Å². The lowest BCUT2D eigenvalue weighted by molar-refractivity contribution is 0.582. The number of halogens is 3. The van der Waals surface area contributed by atoms with Crippen LogP contribution < -0.4 is 5.73 Å². The normalized spacial score (nSPS) is 11.4. The predicted octanol–water partition coefficient (Wildman–Crippen LogP) is 1.82. The predicted molar refractivity (Wildman–Crippen MR) is 73.8 cm³/mol. The van der Waals surface area contributed by atoms with Crippen molar-refractivity contribution < 1.29 is 12.8 Å². The average Bonchev–Trinajstić information content (AvgIpc) is 2.17. The molecule has 0 aliphatic heterocycles. The maximum absolute atomic E-state index is 13.1. The van der Waals surface area contributed by atoms with E-state index in [0.717, 1.165) is 6.08 Å². The van der Waals surface area contributed by atoms with Gasteiger partial charge in [-0.25, -0.2) is 12.8 Å². The number of nitrogens with zero attached hydrogens (tertiary/aromatic N) is 1. The quantitative estimate of drug-likeness (QED) is 0.919. The molecule has 18 heavy (non-hydrogen) atoms. The molecule has 0 aliphatic rings. The van der Waals surface area contributed by atoms with Gasteiger partial charge in [-0.15, -0.1) is 24.8 Å². The molecule has 1 aromatic rings. The molecule has 2 N–H and O–H groups in total. The smallest absolute Gasteiger partial charge is 0.186 e. The number of pyridine rings is 1. The summed E-state index contributed by atoms with van der Waals surface area (Å²) in [6.07, 6.45) is 2.53. The average molecular weight is 317 g/mol. The van der Waals surface area contributed by atoms with Gasteiger partial charge in [0.25, 0.3) is 0 Å². The van der Waals surface area contributed by atoms with E-state index in [1.54, 1.807) is 6.92 Å². The zero-order valence-corrected chi connectivity index (χ0v) is 12.1. The van der Waals surface area contributed by atoms with Gasteiger partial charge < -0.3 is 5.73 Å². The minimum Gasteiger partial charge on any atom is -0.327 e. The van der Waals surface area contributed by atoms with E-state index in [-0.39, 0.29) is 36.3 Å². The maximum Gasteiger partial charge on any atom is 0.186 e. The fourth-order valence-electron chi connectivity index (χ4n) is 1.24. The minimum absolute atomic E-state index is 0. The Morgan fingerprint density at radius 2 is 2.11 bits per heavy atom. The Balaban J connectivity index is 0. The summed E-state index contributed by atoms with van der Waals surface area (Å²) in [5, 5.41) is 0. The zero-order chi connectivity index (χ0) is 12.2. The van der Waals surface area contributed by atoms with Crippen LogP contribution >= 0.6 is 24.8 Å². The van der Waals surface area contributed by atoms with Crippen LogP contribution in [0.25, 0.3) is 0 Å². The summed E-state index contributed by atoms with van der Waals surface area (Å²) in [6, 6.07) is 2.91. The molecular formula is C10H15Cl2FN2O2S. The first-order chi connectivity index (χ1) is 7.47. The molecule has 4 nitrogen and oxygen atoms in total. The van der Waals surface area contributed by atoms with Crippen LogP contribution in [0.5, 0.6) is 0 Å². The van der Waals surface area contributed by atoms with E-state index >= 15 is 0 Å². The Hall–Kier alpha value is -0.690. The highest BCUT2D eigenvalue weighted by Gasteiger charge is 2.19. The van der Waals surface area contributed by atoms with Crippen molar-refractivity contribution in [3.63, 3.8) is 0 Å². The van der Waals surface area contributed by atoms with E-state index in [2.05, 4.69) is 4.98 Å². The summed E-state index contributed by atoms with van der Waals surface area (Å²) in [6.45, 7) is 1.55. The third-order valence-corrected chi connectivity index (χ3v) is 3.72. The first kappa shape index (κ1) is 19.6. The molecule has 0 saturated heterocycles. The molecule has 0 fully saturated rings. The van der Waals surface area contributed by atoms with E-state index in [1.807, 2.05) is 0 Å². The summed E-state index contributed by atoms with van der Waals surface area (Å²) >= 11 is 0. The maximum atomic E-state index is 13.1. The van der Waals surface area contributed by atoms with Crippen molar-refractivity contribution in [3.05, 3.63) is 35.9 Å². The van der Waals surface area contributed by atoms with Crippen LogP contribution in [-0.2, 0) is 9.84 Å². The fraction of sp³-hybridized carbons (Fsp3) is 0.300. The van der Waals surface area contributed by atoms with Crippen molar-refractivity contribution in [3.8, 4) is 0 Å².